The van der Waals surface area contributed by atoms with Crippen molar-refractivity contribution >= 4 is 11.8 Å². The van der Waals surface area contributed by atoms with E-state index in [-0.39, 0.29) is 5.97 Å². The Morgan fingerprint density at radius 2 is 1.80 bits per heavy atom. The van der Waals surface area contributed by atoms with Crippen LogP contribution < -0.4 is 14.4 Å². The molecule has 0 radical (unpaired) electrons. The summed E-state index contributed by atoms with van der Waals surface area (Å²) < 4.78 is 17.6. The Kier molecular flexibility index (Phi) is 10.2. The molecule has 7 heteroatoms. The third-order valence-corrected chi connectivity index (χ3v) is 6.95. The molecule has 1 saturated heterocycles. The lowest BCUT2D eigenvalue weighted by Gasteiger charge is -2.33. The summed E-state index contributed by atoms with van der Waals surface area (Å²) >= 11 is 0. The van der Waals surface area contributed by atoms with Gasteiger partial charge in [0, 0.05) is 42.9 Å². The van der Waals surface area contributed by atoms with Crippen molar-refractivity contribution in [3.05, 3.63) is 90.7 Å². The van der Waals surface area contributed by atoms with Crippen molar-refractivity contribution in [2.24, 2.45) is 5.92 Å². The second-order valence-corrected chi connectivity index (χ2v) is 11.3. The van der Waals surface area contributed by atoms with Crippen molar-refractivity contribution in [1.82, 2.24) is 9.97 Å². The van der Waals surface area contributed by atoms with Gasteiger partial charge >= 0.3 is 5.97 Å². The van der Waals surface area contributed by atoms with Crippen LogP contribution in [-0.4, -0.2) is 41.2 Å². The van der Waals surface area contributed by atoms with Gasteiger partial charge in [0.25, 0.3) is 0 Å². The fraction of sp³-hybridized carbons (Fsp3) is 0.382. The minimum atomic E-state index is -0.444. The molecule has 0 unspecified atom stereocenters. The molecular weight excluding hydrogens is 514 g/mol. The van der Waals surface area contributed by atoms with Gasteiger partial charge in [0.1, 0.15) is 24.6 Å². The standard InChI is InChI=1S/C34H41N3O4/c1-6-25(7-2)23-39-31-16-14-29(33(36-31)40-24-27-11-9-8-10-12-27)28-13-15-30(35-22-28)37-19-17-26(18-20-37)21-32(38)41-34(3,4)5/h6-16,22,26H,1,17-21,23-24H2,2-5H3/b25-7+. The van der Waals surface area contributed by atoms with Crippen LogP contribution in [0.1, 0.15) is 52.5 Å². The van der Waals surface area contributed by atoms with Crippen molar-refractivity contribution in [1.29, 1.82) is 0 Å². The normalized spacial score (nSPS) is 14.4. The third kappa shape index (κ3) is 8.93. The van der Waals surface area contributed by atoms with Crippen molar-refractivity contribution in [3.63, 3.8) is 0 Å². The van der Waals surface area contributed by atoms with Crippen LogP contribution in [-0.2, 0) is 16.1 Å². The first-order chi connectivity index (χ1) is 19.7. The lowest BCUT2D eigenvalue weighted by Crippen LogP contribution is -2.35. The SMILES string of the molecule is C=C/C(=C\C)COc1ccc(-c2ccc(N3CCC(CC(=O)OC(C)(C)C)CC3)nc2)c(OCc2ccccc2)n1. The van der Waals surface area contributed by atoms with Crippen molar-refractivity contribution in [2.45, 2.75) is 59.2 Å². The van der Waals surface area contributed by atoms with Crippen LogP contribution in [0.3, 0.4) is 0 Å². The van der Waals surface area contributed by atoms with E-state index in [4.69, 9.17) is 19.2 Å². The van der Waals surface area contributed by atoms with Gasteiger partial charge in [0.05, 0.1) is 0 Å². The van der Waals surface area contributed by atoms with Crippen LogP contribution in [0.2, 0.25) is 0 Å². The number of ether oxygens (including phenoxy) is 3. The molecule has 4 rings (SSSR count). The van der Waals surface area contributed by atoms with E-state index in [0.29, 0.717) is 37.3 Å². The number of allylic oxidation sites excluding steroid dienone is 1. The number of aromatic nitrogens is 2. The quantitative estimate of drug-likeness (QED) is 0.183. The number of pyridine rings is 2. The molecule has 0 saturated carbocycles. The topological polar surface area (TPSA) is 73.8 Å². The smallest absolute Gasteiger partial charge is 0.306 e. The first kappa shape index (κ1) is 29.8. The van der Waals surface area contributed by atoms with Gasteiger partial charge < -0.3 is 19.1 Å². The van der Waals surface area contributed by atoms with Crippen molar-refractivity contribution in [3.8, 4) is 22.9 Å². The van der Waals surface area contributed by atoms with Crippen LogP contribution in [0.4, 0.5) is 5.82 Å². The number of carbonyl (C=O) groups is 1. The number of hydrogen-bond donors (Lipinski definition) is 0. The van der Waals surface area contributed by atoms with E-state index in [1.54, 1.807) is 6.08 Å². The largest absolute Gasteiger partial charge is 0.473 e. The molecule has 3 heterocycles. The number of hydrogen-bond acceptors (Lipinski definition) is 7. The van der Waals surface area contributed by atoms with Crippen LogP contribution in [0.25, 0.3) is 11.1 Å². The van der Waals surface area contributed by atoms with Gasteiger partial charge in [-0.2, -0.15) is 4.98 Å². The zero-order valence-corrected chi connectivity index (χ0v) is 24.6. The summed E-state index contributed by atoms with van der Waals surface area (Å²) in [5.41, 5.74) is 3.35. The highest BCUT2D eigenvalue weighted by Gasteiger charge is 2.25. The molecule has 0 aliphatic carbocycles. The average molecular weight is 556 g/mol. The van der Waals surface area contributed by atoms with Gasteiger partial charge in [-0.15, -0.1) is 0 Å². The van der Waals surface area contributed by atoms with Gasteiger partial charge in [-0.05, 0) is 75.8 Å². The predicted molar refractivity (Wildman–Crippen MR) is 163 cm³/mol. The van der Waals surface area contributed by atoms with Crippen LogP contribution in [0.5, 0.6) is 11.8 Å². The second-order valence-electron chi connectivity index (χ2n) is 11.3. The molecule has 0 N–H and O–H groups in total. The van der Waals surface area contributed by atoms with Gasteiger partial charge in [0.2, 0.25) is 11.8 Å². The Morgan fingerprint density at radius 3 is 2.44 bits per heavy atom. The molecule has 1 fully saturated rings. The maximum absolute atomic E-state index is 12.2. The van der Waals surface area contributed by atoms with Gasteiger partial charge in [-0.1, -0.05) is 49.1 Å². The molecule has 0 atom stereocenters. The number of rotatable bonds is 11. The summed E-state index contributed by atoms with van der Waals surface area (Å²) in [5.74, 6) is 2.12. The zero-order valence-electron chi connectivity index (χ0n) is 24.6. The van der Waals surface area contributed by atoms with E-state index in [2.05, 4.69) is 22.5 Å². The summed E-state index contributed by atoms with van der Waals surface area (Å²) in [7, 11) is 0. The van der Waals surface area contributed by atoms with E-state index in [9.17, 15) is 4.79 Å². The lowest BCUT2D eigenvalue weighted by molar-refractivity contribution is -0.156. The fourth-order valence-corrected chi connectivity index (χ4v) is 4.69. The number of benzene rings is 1. The Balaban J connectivity index is 1.44. The highest BCUT2D eigenvalue weighted by Crippen LogP contribution is 2.32. The van der Waals surface area contributed by atoms with Gasteiger partial charge in [0.15, 0.2) is 0 Å². The summed E-state index contributed by atoms with van der Waals surface area (Å²) in [6.45, 7) is 14.0. The molecule has 2 aromatic heterocycles. The fourth-order valence-electron chi connectivity index (χ4n) is 4.69. The summed E-state index contributed by atoms with van der Waals surface area (Å²) in [6.07, 6.45) is 7.95. The molecule has 1 aliphatic rings. The Hall–Kier alpha value is -4.13. The second kappa shape index (κ2) is 14.0. The summed E-state index contributed by atoms with van der Waals surface area (Å²) in [4.78, 5) is 24.0. The Morgan fingerprint density at radius 1 is 1.05 bits per heavy atom. The molecule has 41 heavy (non-hydrogen) atoms. The lowest BCUT2D eigenvalue weighted by atomic mass is 9.93. The minimum Gasteiger partial charge on any atom is -0.473 e. The van der Waals surface area contributed by atoms with Crippen LogP contribution in [0, 0.1) is 5.92 Å². The molecular formula is C34H41N3O4. The summed E-state index contributed by atoms with van der Waals surface area (Å²) in [6, 6.07) is 17.9. The van der Waals surface area contributed by atoms with E-state index in [1.165, 1.54) is 0 Å². The van der Waals surface area contributed by atoms with E-state index in [1.807, 2.05) is 88.5 Å². The molecule has 3 aromatic rings. The van der Waals surface area contributed by atoms with Gasteiger partial charge in [-0.3, -0.25) is 4.79 Å². The molecule has 216 valence electrons. The highest BCUT2D eigenvalue weighted by molar-refractivity contribution is 5.70. The molecule has 1 aromatic carbocycles. The van der Waals surface area contributed by atoms with E-state index < -0.39 is 5.60 Å². The molecule has 7 nitrogen and oxygen atoms in total. The van der Waals surface area contributed by atoms with Crippen LogP contribution in [0.15, 0.2) is 85.1 Å². The van der Waals surface area contributed by atoms with Gasteiger partial charge in [-0.25, -0.2) is 4.98 Å². The molecule has 0 spiro atoms. The minimum absolute atomic E-state index is 0.114. The molecule has 1 aliphatic heterocycles. The van der Waals surface area contributed by atoms with Crippen molar-refractivity contribution in [2.75, 3.05) is 24.6 Å². The van der Waals surface area contributed by atoms with E-state index in [0.717, 1.165) is 54.0 Å². The first-order valence-electron chi connectivity index (χ1n) is 14.3. The monoisotopic (exact) mass is 555 g/mol. The Labute approximate surface area is 243 Å². The average Bonchev–Trinajstić information content (AvgIpc) is 2.97. The zero-order chi connectivity index (χ0) is 29.2. The third-order valence-electron chi connectivity index (χ3n) is 6.95. The van der Waals surface area contributed by atoms with Crippen LogP contribution >= 0.6 is 0 Å². The Bertz CT molecular complexity index is 1320. The molecule has 0 bridgehead atoms. The maximum atomic E-state index is 12.2. The van der Waals surface area contributed by atoms with E-state index >= 15 is 0 Å². The van der Waals surface area contributed by atoms with Crippen molar-refractivity contribution < 1.29 is 19.0 Å². The predicted octanol–water partition coefficient (Wildman–Crippen LogP) is 7.18. The number of esters is 1. The number of piperidine rings is 1. The molecule has 0 amide bonds. The number of anilines is 1. The maximum Gasteiger partial charge on any atom is 0.306 e. The first-order valence-corrected chi connectivity index (χ1v) is 14.3. The highest BCUT2D eigenvalue weighted by atomic mass is 16.6. The summed E-state index contributed by atoms with van der Waals surface area (Å²) in [5, 5.41) is 0. The number of carbonyl (C=O) groups excluding carboxylic acids is 1. The number of nitrogens with zero attached hydrogens (tertiary/aromatic N) is 3.